The van der Waals surface area contributed by atoms with Gasteiger partial charge in [0, 0.05) is 37.7 Å². The number of amides is 2. The first-order valence-corrected chi connectivity index (χ1v) is 12.3. The molecule has 2 fully saturated rings. The minimum atomic E-state index is -4.49. The molecule has 2 aromatic heterocycles. The number of alkyl halides is 3. The highest BCUT2D eigenvalue weighted by atomic mass is 19.4. The van der Waals surface area contributed by atoms with Crippen molar-refractivity contribution in [1.29, 1.82) is 0 Å². The van der Waals surface area contributed by atoms with Crippen LogP contribution in [0.5, 0.6) is 6.01 Å². The zero-order valence-corrected chi connectivity index (χ0v) is 20.2. The molecular weight excluding hydrogens is 503 g/mol. The van der Waals surface area contributed by atoms with E-state index in [0.29, 0.717) is 44.2 Å². The van der Waals surface area contributed by atoms with E-state index in [1.165, 1.54) is 18.3 Å². The van der Waals surface area contributed by atoms with Crippen LogP contribution < -0.4 is 19.9 Å². The van der Waals surface area contributed by atoms with E-state index in [0.717, 1.165) is 25.0 Å². The summed E-state index contributed by atoms with van der Waals surface area (Å²) in [6.07, 6.45) is 0.694. The largest absolute Gasteiger partial charge is 0.460 e. The van der Waals surface area contributed by atoms with Gasteiger partial charge >= 0.3 is 18.2 Å². The maximum atomic E-state index is 13.5. The summed E-state index contributed by atoms with van der Waals surface area (Å²) in [5.41, 5.74) is 0.0646. The first kappa shape index (κ1) is 24.3. The van der Waals surface area contributed by atoms with E-state index < -0.39 is 17.8 Å². The molecule has 1 atom stereocenters. The van der Waals surface area contributed by atoms with Gasteiger partial charge in [0.05, 0.1) is 36.7 Å². The number of halogens is 3. The molecule has 38 heavy (non-hydrogen) atoms. The minimum absolute atomic E-state index is 0.0564. The predicted octanol–water partition coefficient (Wildman–Crippen LogP) is 4.14. The van der Waals surface area contributed by atoms with E-state index >= 15 is 0 Å². The Morgan fingerprint density at radius 2 is 1.95 bits per heavy atom. The molecule has 0 saturated carbocycles. The lowest BCUT2D eigenvalue weighted by atomic mass is 10.1. The number of fused-ring (bicyclic) bond motifs is 4. The van der Waals surface area contributed by atoms with Gasteiger partial charge in [0.25, 0.3) is 0 Å². The lowest BCUT2D eigenvalue weighted by molar-refractivity contribution is -0.137. The number of nitrogens with one attached hydrogen (secondary N) is 1. The summed E-state index contributed by atoms with van der Waals surface area (Å²) in [6.45, 7) is 2.54. The van der Waals surface area contributed by atoms with Crippen molar-refractivity contribution in [1.82, 2.24) is 19.9 Å². The number of nitrogens with zero attached hydrogens (tertiary/aromatic N) is 6. The van der Waals surface area contributed by atoms with Crippen LogP contribution >= 0.6 is 0 Å². The number of anilines is 3. The van der Waals surface area contributed by atoms with E-state index in [2.05, 4.69) is 30.2 Å². The van der Waals surface area contributed by atoms with E-state index in [9.17, 15) is 18.0 Å². The Morgan fingerprint density at radius 1 is 1.11 bits per heavy atom. The molecule has 13 heteroatoms. The van der Waals surface area contributed by atoms with Gasteiger partial charge < -0.3 is 14.4 Å². The van der Waals surface area contributed by atoms with Crippen LogP contribution in [0.2, 0.25) is 0 Å². The van der Waals surface area contributed by atoms with Crippen molar-refractivity contribution in [3.63, 3.8) is 0 Å². The quantitative estimate of drug-likeness (QED) is 0.540. The average molecular weight is 528 g/mol. The van der Waals surface area contributed by atoms with E-state index in [-0.39, 0.29) is 35.4 Å². The van der Waals surface area contributed by atoms with Crippen molar-refractivity contribution in [2.75, 3.05) is 41.4 Å². The van der Waals surface area contributed by atoms with Crippen molar-refractivity contribution in [3.8, 4) is 17.4 Å². The monoisotopic (exact) mass is 527 g/mol. The van der Waals surface area contributed by atoms with Crippen LogP contribution in [0.25, 0.3) is 11.4 Å². The van der Waals surface area contributed by atoms with E-state index in [1.54, 1.807) is 17.2 Å². The lowest BCUT2D eigenvalue weighted by Gasteiger charge is -2.35. The van der Waals surface area contributed by atoms with Gasteiger partial charge in [-0.1, -0.05) is 12.1 Å². The normalized spacial score (nSPS) is 19.3. The molecule has 2 saturated heterocycles. The Bertz CT molecular complexity index is 1350. The highest BCUT2D eigenvalue weighted by molar-refractivity contribution is 6.04. The van der Waals surface area contributed by atoms with Crippen LogP contribution in [-0.2, 0) is 10.9 Å². The van der Waals surface area contributed by atoms with Crippen LogP contribution in [0, 0.1) is 0 Å². The number of hydrogen-bond acceptors (Lipinski definition) is 8. The van der Waals surface area contributed by atoms with Crippen LogP contribution in [0.15, 0.2) is 42.7 Å². The molecule has 0 radical (unpaired) electrons. The summed E-state index contributed by atoms with van der Waals surface area (Å²) in [4.78, 5) is 34.5. The van der Waals surface area contributed by atoms with Gasteiger partial charge in [0.2, 0.25) is 0 Å². The minimum Gasteiger partial charge on any atom is -0.460 e. The number of benzene rings is 1. The van der Waals surface area contributed by atoms with Crippen LogP contribution in [0.4, 0.5) is 35.3 Å². The highest BCUT2D eigenvalue weighted by Crippen LogP contribution is 2.40. The molecule has 0 unspecified atom stereocenters. The smallest absolute Gasteiger partial charge is 0.416 e. The SMILES string of the molecule is O=C(Nc1ccnc(OC2CCOCC2)n1)N1c2nc(-c3cccc(C(F)(F)F)c3)ncc2N2CC[C@H]1C2. The van der Waals surface area contributed by atoms with Crippen molar-refractivity contribution in [2.24, 2.45) is 0 Å². The summed E-state index contributed by atoms with van der Waals surface area (Å²) < 4.78 is 51.0. The Kier molecular flexibility index (Phi) is 6.22. The first-order chi connectivity index (χ1) is 18.3. The van der Waals surface area contributed by atoms with E-state index in [1.807, 2.05) is 0 Å². The second kappa shape index (κ2) is 9.71. The molecule has 5 heterocycles. The third-order valence-corrected chi connectivity index (χ3v) is 6.82. The summed E-state index contributed by atoms with van der Waals surface area (Å²) in [5, 5.41) is 2.80. The number of urea groups is 1. The van der Waals surface area contributed by atoms with Gasteiger partial charge in [-0.2, -0.15) is 18.2 Å². The first-order valence-electron chi connectivity index (χ1n) is 12.3. The summed E-state index contributed by atoms with van der Waals surface area (Å²) in [7, 11) is 0. The molecule has 198 valence electrons. The maximum absolute atomic E-state index is 13.5. The zero-order valence-electron chi connectivity index (χ0n) is 20.2. The van der Waals surface area contributed by atoms with Gasteiger partial charge in [-0.05, 0) is 24.6 Å². The molecule has 1 aromatic carbocycles. The van der Waals surface area contributed by atoms with Gasteiger partial charge in [-0.3, -0.25) is 10.2 Å². The van der Waals surface area contributed by atoms with E-state index in [4.69, 9.17) is 9.47 Å². The zero-order chi connectivity index (χ0) is 26.3. The molecule has 6 rings (SSSR count). The maximum Gasteiger partial charge on any atom is 0.416 e. The van der Waals surface area contributed by atoms with Gasteiger partial charge in [0.15, 0.2) is 11.6 Å². The Labute approximate surface area is 215 Å². The number of aromatic nitrogens is 4. The van der Waals surface area contributed by atoms with Crippen LogP contribution in [0.3, 0.4) is 0 Å². The van der Waals surface area contributed by atoms with Gasteiger partial charge in [-0.15, -0.1) is 0 Å². The summed E-state index contributed by atoms with van der Waals surface area (Å²) in [5.74, 6) is 0.705. The molecule has 3 aliphatic rings. The number of ether oxygens (including phenoxy) is 2. The summed E-state index contributed by atoms with van der Waals surface area (Å²) in [6, 6.07) is 5.94. The van der Waals surface area contributed by atoms with Crippen LogP contribution in [-0.4, -0.2) is 64.4 Å². The number of hydrogen-bond donors (Lipinski definition) is 1. The Hall–Kier alpha value is -4.00. The molecule has 2 amide bonds. The third kappa shape index (κ3) is 4.80. The second-order valence-electron chi connectivity index (χ2n) is 9.32. The Morgan fingerprint density at radius 3 is 2.76 bits per heavy atom. The number of carbonyl (C=O) groups is 1. The molecule has 10 nitrogen and oxygen atoms in total. The van der Waals surface area contributed by atoms with Crippen molar-refractivity contribution >= 4 is 23.4 Å². The molecule has 1 N–H and O–H groups in total. The fraction of sp³-hybridized carbons (Fsp3) is 0.400. The standard InChI is InChI=1S/C25H24F3N7O3/c26-25(27,28)16-3-1-2-15(12-16)21-30-13-19-22(33-21)35(17-5-9-34(19)14-17)24(36)32-20-4-8-29-23(31-20)38-18-6-10-37-11-7-18/h1-4,8,12-13,17-18H,5-7,9-11,14H2,(H,29,31,32,36)/t17-/m0/s1. The average Bonchev–Trinajstić information content (AvgIpc) is 3.33. The molecular formula is C25H24F3N7O3. The lowest BCUT2D eigenvalue weighted by Crippen LogP contribution is -2.48. The van der Waals surface area contributed by atoms with Crippen molar-refractivity contribution in [2.45, 2.75) is 37.6 Å². The summed E-state index contributed by atoms with van der Waals surface area (Å²) >= 11 is 0. The molecule has 3 aromatic rings. The topological polar surface area (TPSA) is 106 Å². The number of rotatable bonds is 4. The van der Waals surface area contributed by atoms with Crippen molar-refractivity contribution < 1.29 is 27.4 Å². The third-order valence-electron chi connectivity index (χ3n) is 6.82. The molecule has 3 aliphatic heterocycles. The van der Waals surface area contributed by atoms with Crippen LogP contribution in [0.1, 0.15) is 24.8 Å². The second-order valence-corrected chi connectivity index (χ2v) is 9.32. The fourth-order valence-corrected chi connectivity index (χ4v) is 4.93. The highest BCUT2D eigenvalue weighted by Gasteiger charge is 2.41. The Balaban J connectivity index is 1.27. The fourth-order valence-electron chi connectivity index (χ4n) is 4.93. The van der Waals surface area contributed by atoms with Gasteiger partial charge in [0.1, 0.15) is 11.9 Å². The molecule has 2 bridgehead atoms. The van der Waals surface area contributed by atoms with Gasteiger partial charge in [-0.25, -0.2) is 19.7 Å². The predicted molar refractivity (Wildman–Crippen MR) is 131 cm³/mol. The molecule has 0 aliphatic carbocycles. The molecule has 0 spiro atoms. The number of carbonyl (C=O) groups excluding carboxylic acids is 1. The van der Waals surface area contributed by atoms with Crippen molar-refractivity contribution in [3.05, 3.63) is 48.3 Å².